The minimum Gasteiger partial charge on any atom is -0.507 e. The van der Waals surface area contributed by atoms with Gasteiger partial charge in [0, 0.05) is 21.9 Å². The molecule has 0 saturated heterocycles. The van der Waals surface area contributed by atoms with E-state index >= 15 is 0 Å². The Kier molecular flexibility index (Phi) is 5.41. The molecule has 6 nitrogen and oxygen atoms in total. The molecule has 0 bridgehead atoms. The lowest BCUT2D eigenvalue weighted by Crippen LogP contribution is -2.01. The normalized spacial score (nSPS) is 11.2. The first-order valence-corrected chi connectivity index (χ1v) is 7.39. The van der Waals surface area contributed by atoms with E-state index in [4.69, 9.17) is 0 Å². The zero-order valence-corrected chi connectivity index (χ0v) is 12.9. The molecule has 2 rings (SSSR count). The van der Waals surface area contributed by atoms with E-state index in [1.807, 2.05) is 12.1 Å². The molecule has 2 N–H and O–H groups in total. The number of hydrogen-bond acceptors (Lipinski definition) is 5. The second-order valence-electron chi connectivity index (χ2n) is 5.24. The van der Waals surface area contributed by atoms with Crippen molar-refractivity contribution in [3.63, 3.8) is 0 Å². The maximum atomic E-state index is 10.4. The fourth-order valence-electron chi connectivity index (χ4n) is 2.46. The molecule has 0 radical (unpaired) electrons. The van der Waals surface area contributed by atoms with Gasteiger partial charge in [-0.3, -0.25) is 0 Å². The van der Waals surface area contributed by atoms with Gasteiger partial charge in [-0.05, 0) is 26.2 Å². The Morgan fingerprint density at radius 1 is 1.17 bits per heavy atom. The molecule has 2 aromatic carbocycles. The molecule has 0 amide bonds. The fourth-order valence-corrected chi connectivity index (χ4v) is 2.46. The lowest BCUT2D eigenvalue weighted by Gasteiger charge is -2.11. The van der Waals surface area contributed by atoms with Crippen LogP contribution in [0.15, 0.2) is 30.3 Å². The molecule has 23 heavy (non-hydrogen) atoms. The van der Waals surface area contributed by atoms with Gasteiger partial charge in [-0.2, -0.15) is 0 Å². The summed E-state index contributed by atoms with van der Waals surface area (Å²) in [5.74, 6) is 0.307. The number of hydrogen-bond donors (Lipinski definition) is 2. The van der Waals surface area contributed by atoms with Crippen LogP contribution < -0.4 is 0 Å². The van der Waals surface area contributed by atoms with E-state index in [-0.39, 0.29) is 18.1 Å². The highest BCUT2D eigenvalue weighted by molar-refractivity contribution is 5.97. The quantitative estimate of drug-likeness (QED) is 0.349. The molecular formula is C17H19NO5. The Morgan fingerprint density at radius 3 is 2.48 bits per heavy atom. The molecule has 0 heterocycles. The first kappa shape index (κ1) is 16.6. The monoisotopic (exact) mass is 317 g/mol. The molecular weight excluding hydrogens is 298 g/mol. The molecule has 0 spiro atoms. The smallest absolute Gasteiger partial charge is 0.294 e. The summed E-state index contributed by atoms with van der Waals surface area (Å²) in [6, 6.07) is 7.14. The minimum absolute atomic E-state index is 0.0852. The number of phenols is 2. The topological polar surface area (TPSA) is 92.8 Å². The van der Waals surface area contributed by atoms with Gasteiger partial charge in [-0.15, -0.1) is 10.1 Å². The van der Waals surface area contributed by atoms with Crippen LogP contribution >= 0.6 is 0 Å². The minimum atomic E-state index is -0.797. The summed E-state index contributed by atoms with van der Waals surface area (Å²) in [5, 5.41) is 31.1. The van der Waals surface area contributed by atoms with Gasteiger partial charge in [0.2, 0.25) is 0 Å². The van der Waals surface area contributed by atoms with E-state index in [2.05, 4.69) is 4.84 Å². The molecule has 0 saturated carbocycles. The Balaban J connectivity index is 2.08. The van der Waals surface area contributed by atoms with Gasteiger partial charge in [0.1, 0.15) is 11.5 Å². The molecule has 2 aromatic rings. The molecule has 0 fully saturated rings. The van der Waals surface area contributed by atoms with E-state index in [0.29, 0.717) is 34.7 Å². The van der Waals surface area contributed by atoms with Crippen LogP contribution in [0.5, 0.6) is 11.5 Å². The second-order valence-corrected chi connectivity index (χ2v) is 5.24. The molecule has 0 aliphatic carbocycles. The maximum Gasteiger partial charge on any atom is 0.294 e. The van der Waals surface area contributed by atoms with Crippen molar-refractivity contribution in [3.8, 4) is 11.5 Å². The average Bonchev–Trinajstić information content (AvgIpc) is 2.54. The number of rotatable bonds is 7. The Morgan fingerprint density at radius 2 is 1.83 bits per heavy atom. The number of unbranched alkanes of at least 4 members (excludes halogenated alkanes) is 2. The van der Waals surface area contributed by atoms with Crippen molar-refractivity contribution in [2.24, 2.45) is 0 Å². The zero-order chi connectivity index (χ0) is 16.8. The van der Waals surface area contributed by atoms with E-state index in [1.165, 1.54) is 0 Å². The Hall–Kier alpha value is -2.76. The van der Waals surface area contributed by atoms with Gasteiger partial charge in [0.15, 0.2) is 0 Å². The SMILES string of the molecule is Cc1c(C=CCCCCO[N+](=O)[O-])c(O)c2ccccc2c1O. The van der Waals surface area contributed by atoms with E-state index in [9.17, 15) is 20.3 Å². The van der Waals surface area contributed by atoms with E-state index < -0.39 is 5.09 Å². The van der Waals surface area contributed by atoms with Crippen molar-refractivity contribution < 1.29 is 20.1 Å². The van der Waals surface area contributed by atoms with Crippen LogP contribution in [0, 0.1) is 17.0 Å². The first-order chi connectivity index (χ1) is 11.0. The van der Waals surface area contributed by atoms with Crippen LogP contribution in [0.3, 0.4) is 0 Å². The number of benzene rings is 2. The zero-order valence-electron chi connectivity index (χ0n) is 12.9. The highest BCUT2D eigenvalue weighted by Crippen LogP contribution is 2.39. The van der Waals surface area contributed by atoms with Gasteiger partial charge < -0.3 is 15.1 Å². The van der Waals surface area contributed by atoms with Crippen LogP contribution in [0.2, 0.25) is 0 Å². The fraction of sp³-hybridized carbons (Fsp3) is 0.294. The largest absolute Gasteiger partial charge is 0.507 e. The van der Waals surface area contributed by atoms with Gasteiger partial charge in [-0.1, -0.05) is 36.4 Å². The summed E-state index contributed by atoms with van der Waals surface area (Å²) in [6.45, 7) is 1.84. The van der Waals surface area contributed by atoms with Crippen molar-refractivity contribution in [2.75, 3.05) is 6.61 Å². The Labute approximate surface area is 133 Å². The second kappa shape index (κ2) is 7.49. The third kappa shape index (κ3) is 3.91. The summed E-state index contributed by atoms with van der Waals surface area (Å²) in [4.78, 5) is 14.2. The molecule has 0 atom stereocenters. The molecule has 0 unspecified atom stereocenters. The van der Waals surface area contributed by atoms with E-state index in [1.54, 1.807) is 31.2 Å². The van der Waals surface area contributed by atoms with Gasteiger partial charge in [-0.25, -0.2) is 0 Å². The average molecular weight is 317 g/mol. The maximum absolute atomic E-state index is 10.4. The third-order valence-corrected chi connectivity index (χ3v) is 3.70. The highest BCUT2D eigenvalue weighted by Gasteiger charge is 2.13. The molecule has 6 heteroatoms. The molecule has 122 valence electrons. The Bertz CT molecular complexity index is 739. The van der Waals surface area contributed by atoms with Crippen LogP contribution in [0.4, 0.5) is 0 Å². The van der Waals surface area contributed by atoms with Crippen LogP contribution in [0.25, 0.3) is 16.8 Å². The van der Waals surface area contributed by atoms with Gasteiger partial charge in [0.25, 0.3) is 5.09 Å². The standard InChI is InChI=1S/C17H19NO5/c1-12-13(8-4-2-3-7-11-23-18(21)22)17(20)15-10-6-5-9-14(15)16(12)19/h4-6,8-10,19-20H,2-3,7,11H2,1H3. The van der Waals surface area contributed by atoms with Gasteiger partial charge in [0.05, 0.1) is 6.61 Å². The molecule has 0 aromatic heterocycles. The van der Waals surface area contributed by atoms with Crippen molar-refractivity contribution in [3.05, 3.63) is 51.6 Å². The van der Waals surface area contributed by atoms with E-state index in [0.717, 1.165) is 6.42 Å². The number of allylic oxidation sites excluding steroid dienone is 1. The third-order valence-electron chi connectivity index (χ3n) is 3.70. The number of phenolic OH excluding ortho intramolecular Hbond substituents is 2. The van der Waals surface area contributed by atoms with Crippen LogP contribution in [0.1, 0.15) is 30.4 Å². The number of fused-ring (bicyclic) bond motifs is 1. The predicted molar refractivity (Wildman–Crippen MR) is 87.8 cm³/mol. The van der Waals surface area contributed by atoms with Gasteiger partial charge >= 0.3 is 0 Å². The van der Waals surface area contributed by atoms with Crippen molar-refractivity contribution in [1.82, 2.24) is 0 Å². The van der Waals surface area contributed by atoms with Crippen molar-refractivity contribution >= 4 is 16.8 Å². The lowest BCUT2D eigenvalue weighted by molar-refractivity contribution is -0.757. The highest BCUT2D eigenvalue weighted by atomic mass is 16.9. The molecule has 0 aliphatic heterocycles. The summed E-state index contributed by atoms with van der Waals surface area (Å²) in [7, 11) is 0. The predicted octanol–water partition coefficient (Wildman–Crippen LogP) is 3.95. The van der Waals surface area contributed by atoms with Crippen molar-refractivity contribution in [1.29, 1.82) is 0 Å². The number of nitrogens with zero attached hydrogens (tertiary/aromatic N) is 1. The summed E-state index contributed by atoms with van der Waals surface area (Å²) >= 11 is 0. The van der Waals surface area contributed by atoms with Crippen molar-refractivity contribution in [2.45, 2.75) is 26.2 Å². The first-order valence-electron chi connectivity index (χ1n) is 7.39. The lowest BCUT2D eigenvalue weighted by atomic mass is 9.98. The van der Waals surface area contributed by atoms with Crippen LogP contribution in [-0.4, -0.2) is 21.9 Å². The summed E-state index contributed by atoms with van der Waals surface area (Å²) in [6.07, 6.45) is 5.67. The molecule has 0 aliphatic rings. The number of aromatic hydroxyl groups is 2. The summed E-state index contributed by atoms with van der Waals surface area (Å²) < 4.78 is 0. The summed E-state index contributed by atoms with van der Waals surface area (Å²) in [5.41, 5.74) is 1.21. The van der Waals surface area contributed by atoms with Crippen LogP contribution in [-0.2, 0) is 4.84 Å².